The van der Waals surface area contributed by atoms with Gasteiger partial charge in [-0.1, -0.05) is 0 Å². The van der Waals surface area contributed by atoms with Crippen LogP contribution in [0.2, 0.25) is 0 Å². The molecular weight excluding hydrogens is 108 g/mol. The minimum absolute atomic E-state index is 0.701. The molecule has 0 amide bonds. The zero-order chi connectivity index (χ0) is 6.57. The van der Waals surface area contributed by atoms with Crippen LogP contribution in [-0.4, -0.2) is 5.97 Å². The van der Waals surface area contributed by atoms with Crippen molar-refractivity contribution in [2.45, 2.75) is 6.92 Å². The van der Waals surface area contributed by atoms with E-state index in [1.54, 1.807) is 6.07 Å². The molecule has 0 heterocycles. The van der Waals surface area contributed by atoms with Gasteiger partial charge in [-0.15, -0.1) is 0 Å². The molecule has 0 aliphatic heterocycles. The van der Waals surface area contributed by atoms with Crippen LogP contribution in [0.1, 0.15) is 6.92 Å². The van der Waals surface area contributed by atoms with E-state index in [-0.39, 0.29) is 0 Å². The third kappa shape index (κ3) is 1.58. The number of hydrogen-bond donors (Lipinski definition) is 1. The highest BCUT2D eigenvalue weighted by Crippen LogP contribution is 1.91. The van der Waals surface area contributed by atoms with E-state index >= 15 is 0 Å². The van der Waals surface area contributed by atoms with Gasteiger partial charge in [0.25, 0.3) is 0 Å². The van der Waals surface area contributed by atoms with Crippen molar-refractivity contribution >= 4 is 5.97 Å². The molecule has 0 aromatic rings. The second-order valence-corrected chi connectivity index (χ2v) is 1.29. The minimum atomic E-state index is -0.764. The Balaban J connectivity index is 3.68. The Hall–Kier alpha value is -1.08. The highest BCUT2D eigenvalue weighted by atomic mass is 16.7. The first-order valence-corrected chi connectivity index (χ1v) is 2.02. The molecule has 0 radical (unpaired) electrons. The Kier molecular flexibility index (Phi) is 2.59. The molecule has 4 nitrogen and oxygen atoms in total. The number of nitriles is 1. The van der Waals surface area contributed by atoms with Crippen LogP contribution in [0.25, 0.3) is 0 Å². The Bertz CT molecular complexity index is 126. The quantitative estimate of drug-likeness (QED) is 0.469. The Morgan fingerprint density at radius 3 is 2.62 bits per heavy atom. The maximum Gasteiger partial charge on any atom is 0.341 e. The van der Waals surface area contributed by atoms with Crippen molar-refractivity contribution in [3.63, 3.8) is 0 Å². The van der Waals surface area contributed by atoms with Gasteiger partial charge in [0.15, 0.2) is 0 Å². The van der Waals surface area contributed by atoms with E-state index in [1.807, 2.05) is 0 Å². The zero-order valence-electron chi connectivity index (χ0n) is 4.42. The van der Waals surface area contributed by atoms with E-state index in [0.29, 0.717) is 0 Å². The van der Waals surface area contributed by atoms with Crippen LogP contribution in [0.15, 0.2) is 0 Å². The Morgan fingerprint density at radius 1 is 2.00 bits per heavy atom. The molecule has 0 rings (SSSR count). The van der Waals surface area contributed by atoms with Crippen molar-refractivity contribution < 1.29 is 9.63 Å². The molecular formula is C4H6N2O2. The van der Waals surface area contributed by atoms with Gasteiger partial charge in [-0.25, -0.2) is 4.79 Å². The van der Waals surface area contributed by atoms with Crippen molar-refractivity contribution in [1.29, 1.82) is 5.26 Å². The molecule has 0 fully saturated rings. The van der Waals surface area contributed by atoms with Crippen LogP contribution >= 0.6 is 0 Å². The fourth-order valence-electron chi connectivity index (χ4n) is 0.155. The highest BCUT2D eigenvalue weighted by molar-refractivity contribution is 5.74. The summed E-state index contributed by atoms with van der Waals surface area (Å²) in [6.07, 6.45) is 0. The van der Waals surface area contributed by atoms with Crippen LogP contribution < -0.4 is 5.90 Å². The van der Waals surface area contributed by atoms with Crippen LogP contribution in [0.5, 0.6) is 0 Å². The summed E-state index contributed by atoms with van der Waals surface area (Å²) in [7, 11) is 0. The maximum absolute atomic E-state index is 10.2. The van der Waals surface area contributed by atoms with Gasteiger partial charge in [-0.05, 0) is 6.92 Å². The molecule has 0 spiro atoms. The van der Waals surface area contributed by atoms with Crippen molar-refractivity contribution in [2.75, 3.05) is 0 Å². The summed E-state index contributed by atoms with van der Waals surface area (Å²) < 4.78 is 0. The number of nitrogens with two attached hydrogens (primary N) is 1. The maximum atomic E-state index is 10.2. The summed E-state index contributed by atoms with van der Waals surface area (Å²) in [5, 5.41) is 8.03. The summed E-state index contributed by atoms with van der Waals surface area (Å²) in [6.45, 7) is 1.41. The van der Waals surface area contributed by atoms with Crippen molar-refractivity contribution in [1.82, 2.24) is 0 Å². The van der Waals surface area contributed by atoms with Gasteiger partial charge in [-0.3, -0.25) is 0 Å². The van der Waals surface area contributed by atoms with Gasteiger partial charge < -0.3 is 4.84 Å². The molecule has 0 saturated heterocycles. The van der Waals surface area contributed by atoms with Crippen molar-refractivity contribution in [3.05, 3.63) is 0 Å². The lowest BCUT2D eigenvalue weighted by Crippen LogP contribution is -2.16. The SMILES string of the molecule is CC(C#N)C(=O)ON. The van der Waals surface area contributed by atoms with E-state index in [9.17, 15) is 4.79 Å². The molecule has 0 aliphatic carbocycles. The van der Waals surface area contributed by atoms with Gasteiger partial charge in [-0.2, -0.15) is 11.2 Å². The lowest BCUT2D eigenvalue weighted by Gasteiger charge is -1.94. The molecule has 44 valence electrons. The van der Waals surface area contributed by atoms with Gasteiger partial charge in [0.1, 0.15) is 5.92 Å². The average molecular weight is 114 g/mol. The third-order valence-electron chi connectivity index (χ3n) is 0.663. The average Bonchev–Trinajstić information content (AvgIpc) is 1.84. The molecule has 2 N–H and O–H groups in total. The summed E-state index contributed by atoms with van der Waals surface area (Å²) in [5.41, 5.74) is 0. The Morgan fingerprint density at radius 2 is 2.50 bits per heavy atom. The van der Waals surface area contributed by atoms with E-state index < -0.39 is 11.9 Å². The molecule has 0 bridgehead atoms. The molecule has 1 atom stereocenters. The van der Waals surface area contributed by atoms with Crippen molar-refractivity contribution in [3.8, 4) is 6.07 Å². The van der Waals surface area contributed by atoms with Crippen LogP contribution in [0.3, 0.4) is 0 Å². The monoisotopic (exact) mass is 114 g/mol. The zero-order valence-corrected chi connectivity index (χ0v) is 4.42. The highest BCUT2D eigenvalue weighted by Gasteiger charge is 2.10. The lowest BCUT2D eigenvalue weighted by molar-refractivity contribution is -0.146. The van der Waals surface area contributed by atoms with Crippen molar-refractivity contribution in [2.24, 2.45) is 11.8 Å². The minimum Gasteiger partial charge on any atom is -0.372 e. The fraction of sp³-hybridized carbons (Fsp3) is 0.500. The van der Waals surface area contributed by atoms with Crippen LogP contribution in [0, 0.1) is 17.2 Å². The predicted octanol–water partition coefficient (Wildman–Crippen LogP) is -0.437. The summed E-state index contributed by atoms with van der Waals surface area (Å²) in [6, 6.07) is 1.66. The lowest BCUT2D eigenvalue weighted by atomic mass is 10.2. The topological polar surface area (TPSA) is 76.1 Å². The second kappa shape index (κ2) is 2.99. The number of carbonyl (C=O) groups excluding carboxylic acids is 1. The van der Waals surface area contributed by atoms with E-state index in [0.717, 1.165) is 0 Å². The molecule has 4 heteroatoms. The number of carbonyl (C=O) groups is 1. The first-order valence-electron chi connectivity index (χ1n) is 2.02. The number of nitrogens with zero attached hydrogens (tertiary/aromatic N) is 1. The van der Waals surface area contributed by atoms with E-state index in [4.69, 9.17) is 5.26 Å². The molecule has 0 aliphatic rings. The molecule has 0 aromatic heterocycles. The summed E-state index contributed by atoms with van der Waals surface area (Å²) >= 11 is 0. The predicted molar refractivity (Wildman–Crippen MR) is 25.1 cm³/mol. The standard InChI is InChI=1S/C4H6N2O2/c1-3(2-5)4(7)8-6/h3H,6H2,1H3. The van der Waals surface area contributed by atoms with Crippen LogP contribution in [0.4, 0.5) is 0 Å². The number of rotatable bonds is 1. The molecule has 0 saturated carbocycles. The van der Waals surface area contributed by atoms with Gasteiger partial charge in [0.05, 0.1) is 6.07 Å². The summed E-state index contributed by atoms with van der Waals surface area (Å²) in [5.74, 6) is 2.98. The molecule has 8 heavy (non-hydrogen) atoms. The fourth-order valence-corrected chi connectivity index (χ4v) is 0.155. The van der Waals surface area contributed by atoms with E-state index in [1.165, 1.54) is 6.92 Å². The second-order valence-electron chi connectivity index (χ2n) is 1.29. The Labute approximate surface area is 46.8 Å². The largest absolute Gasteiger partial charge is 0.372 e. The molecule has 1 unspecified atom stereocenters. The first kappa shape index (κ1) is 6.92. The van der Waals surface area contributed by atoms with Gasteiger partial charge in [0, 0.05) is 0 Å². The third-order valence-corrected chi connectivity index (χ3v) is 0.663. The van der Waals surface area contributed by atoms with Gasteiger partial charge >= 0.3 is 5.97 Å². The normalized spacial score (nSPS) is 11.6. The number of hydrogen-bond acceptors (Lipinski definition) is 4. The summed E-state index contributed by atoms with van der Waals surface area (Å²) in [4.78, 5) is 13.9. The smallest absolute Gasteiger partial charge is 0.341 e. The van der Waals surface area contributed by atoms with Gasteiger partial charge in [0.2, 0.25) is 0 Å². The molecule has 0 aromatic carbocycles. The van der Waals surface area contributed by atoms with E-state index in [2.05, 4.69) is 10.7 Å². The first-order chi connectivity index (χ1) is 3.72. The van der Waals surface area contributed by atoms with Crippen LogP contribution in [-0.2, 0) is 9.63 Å².